The summed E-state index contributed by atoms with van der Waals surface area (Å²) in [5, 5.41) is 9.82. The highest BCUT2D eigenvalue weighted by Gasteiger charge is 2.29. The van der Waals surface area contributed by atoms with Crippen LogP contribution in [-0.2, 0) is 26.1 Å². The van der Waals surface area contributed by atoms with Crippen LogP contribution < -0.4 is 21.7 Å². The highest BCUT2D eigenvalue weighted by Crippen LogP contribution is 2.31. The van der Waals surface area contributed by atoms with E-state index in [0.717, 1.165) is 5.56 Å². The fourth-order valence-electron chi connectivity index (χ4n) is 3.31. The summed E-state index contributed by atoms with van der Waals surface area (Å²) in [6.07, 6.45) is 1.06. The third-order valence-electron chi connectivity index (χ3n) is 4.68. The molecule has 0 spiro atoms. The number of amides is 1. The zero-order valence-corrected chi connectivity index (χ0v) is 16.2. The number of hydrogen-bond donors (Lipinski definition) is 4. The molecule has 0 radical (unpaired) electrons. The number of primary amides is 1. The highest BCUT2D eigenvalue weighted by atomic mass is 32.2. The van der Waals surface area contributed by atoms with Crippen LogP contribution in [0.5, 0.6) is 0 Å². The van der Waals surface area contributed by atoms with E-state index in [4.69, 9.17) is 16.1 Å². The minimum absolute atomic E-state index is 0.0590. The van der Waals surface area contributed by atoms with Crippen LogP contribution in [0, 0.1) is 0 Å². The summed E-state index contributed by atoms with van der Waals surface area (Å²) in [7, 11) is -5.12. The van der Waals surface area contributed by atoms with Crippen molar-refractivity contribution in [3.05, 3.63) is 47.5 Å². The van der Waals surface area contributed by atoms with Crippen molar-refractivity contribution < 1.29 is 22.9 Å². The summed E-state index contributed by atoms with van der Waals surface area (Å²) >= 11 is 0. The van der Waals surface area contributed by atoms with Gasteiger partial charge >= 0.3 is 7.12 Å². The van der Waals surface area contributed by atoms with Crippen molar-refractivity contribution in [3.8, 4) is 0 Å². The van der Waals surface area contributed by atoms with Crippen molar-refractivity contribution in [3.63, 3.8) is 0 Å². The predicted molar refractivity (Wildman–Crippen MR) is 107 cm³/mol. The Labute approximate surface area is 164 Å². The van der Waals surface area contributed by atoms with Gasteiger partial charge in [-0.1, -0.05) is 19.4 Å². The molecule has 3 rings (SSSR count). The molecule has 2 aromatic carbocycles. The van der Waals surface area contributed by atoms with Crippen molar-refractivity contribution in [1.29, 1.82) is 0 Å². The molecule has 1 heterocycles. The summed E-state index contributed by atoms with van der Waals surface area (Å²) in [5.74, 6) is -1.38. The number of carbonyl (C=O) groups excluding carboxylic acids is 1. The number of hydrogen-bond acceptors (Lipinski definition) is 6. The Morgan fingerprint density at radius 2 is 2.07 bits per heavy atom. The van der Waals surface area contributed by atoms with Gasteiger partial charge in [-0.25, -0.2) is 8.42 Å². The van der Waals surface area contributed by atoms with Gasteiger partial charge in [0.15, 0.2) is 0 Å². The van der Waals surface area contributed by atoms with Gasteiger partial charge in [-0.2, -0.15) is 0 Å². The second-order valence-electron chi connectivity index (χ2n) is 6.72. The lowest BCUT2D eigenvalue weighted by Gasteiger charge is -2.19. The number of rotatable bonds is 7. The number of nitrogens with one attached hydrogen (secondary N) is 1. The van der Waals surface area contributed by atoms with Crippen molar-refractivity contribution in [1.82, 2.24) is 0 Å². The van der Waals surface area contributed by atoms with Crippen LogP contribution >= 0.6 is 0 Å². The molecule has 10 heteroatoms. The molecular weight excluding hydrogens is 381 g/mol. The van der Waals surface area contributed by atoms with E-state index >= 15 is 0 Å². The van der Waals surface area contributed by atoms with E-state index < -0.39 is 29.0 Å². The predicted octanol–water partition coefficient (Wildman–Crippen LogP) is 0.656. The van der Waals surface area contributed by atoms with Gasteiger partial charge in [-0.15, -0.1) is 0 Å². The molecule has 28 heavy (non-hydrogen) atoms. The fourth-order valence-corrected chi connectivity index (χ4v) is 4.62. The number of nitrogen functional groups attached to an aromatic ring is 1. The van der Waals surface area contributed by atoms with Crippen molar-refractivity contribution in [2.24, 2.45) is 5.73 Å². The molecule has 0 bridgehead atoms. The molecule has 1 aliphatic heterocycles. The first-order valence-electron chi connectivity index (χ1n) is 8.87. The van der Waals surface area contributed by atoms with E-state index in [2.05, 4.69) is 4.72 Å². The number of carbonyl (C=O) groups is 1. The van der Waals surface area contributed by atoms with Gasteiger partial charge in [0.25, 0.3) is 10.0 Å². The largest absolute Gasteiger partial charge is 0.491 e. The second-order valence-corrected chi connectivity index (χ2v) is 8.37. The maximum Gasteiger partial charge on any atom is 0.491 e. The Kier molecular flexibility index (Phi) is 5.64. The SMILES string of the molecule is CCCC(C(N)=O)c1cc(N)ccc1S(=O)(=O)Nc1ccc2c(c1)B(O)OC2. The lowest BCUT2D eigenvalue weighted by Crippen LogP contribution is -2.29. The van der Waals surface area contributed by atoms with Gasteiger partial charge in [0.1, 0.15) is 0 Å². The molecule has 6 N–H and O–H groups in total. The first kappa shape index (κ1) is 20.2. The summed E-state index contributed by atoms with van der Waals surface area (Å²) in [6.45, 7) is 2.15. The molecule has 0 fully saturated rings. The minimum atomic E-state index is -4.03. The molecule has 148 valence electrons. The van der Waals surface area contributed by atoms with Crippen LogP contribution in [0.15, 0.2) is 41.3 Å². The van der Waals surface area contributed by atoms with E-state index in [0.29, 0.717) is 24.0 Å². The number of sulfonamides is 1. The van der Waals surface area contributed by atoms with Crippen LogP contribution in [0.1, 0.15) is 36.8 Å². The van der Waals surface area contributed by atoms with E-state index in [1.807, 2.05) is 6.92 Å². The number of fused-ring (bicyclic) bond motifs is 1. The number of benzene rings is 2. The average Bonchev–Trinajstić information content (AvgIpc) is 2.99. The number of nitrogens with two attached hydrogens (primary N) is 2. The third-order valence-corrected chi connectivity index (χ3v) is 6.14. The van der Waals surface area contributed by atoms with Crippen molar-refractivity contribution in [2.45, 2.75) is 37.2 Å². The quantitative estimate of drug-likeness (QED) is 0.395. The van der Waals surface area contributed by atoms with Gasteiger partial charge in [-0.05, 0) is 53.3 Å². The molecule has 1 unspecified atom stereocenters. The van der Waals surface area contributed by atoms with Gasteiger partial charge in [0.2, 0.25) is 5.91 Å². The van der Waals surface area contributed by atoms with Crippen LogP contribution in [0.2, 0.25) is 0 Å². The summed E-state index contributed by atoms with van der Waals surface area (Å²) in [5.41, 5.74) is 13.5. The van der Waals surface area contributed by atoms with Crippen molar-refractivity contribution >= 4 is 39.9 Å². The standard InChI is InChI=1S/C18H22BN3O5S/c1-2-3-14(18(21)23)15-8-12(20)5-7-17(15)28(25,26)22-13-6-4-11-10-27-19(24)16(11)9-13/h4-9,14,22,24H,2-3,10,20H2,1H3,(H2,21,23). The third kappa shape index (κ3) is 3.98. The first-order valence-corrected chi connectivity index (χ1v) is 10.3. The molecule has 0 aromatic heterocycles. The Balaban J connectivity index is 2.00. The second kappa shape index (κ2) is 7.82. The average molecular weight is 403 g/mol. The molecule has 1 aliphatic rings. The highest BCUT2D eigenvalue weighted by molar-refractivity contribution is 7.92. The Morgan fingerprint density at radius 1 is 1.32 bits per heavy atom. The Hall–Kier alpha value is -2.56. The van der Waals surface area contributed by atoms with Gasteiger partial charge in [0.05, 0.1) is 17.4 Å². The van der Waals surface area contributed by atoms with E-state index in [-0.39, 0.29) is 22.8 Å². The summed E-state index contributed by atoms with van der Waals surface area (Å²) < 4.78 is 33.7. The van der Waals surface area contributed by atoms with Gasteiger partial charge in [-0.3, -0.25) is 9.52 Å². The minimum Gasteiger partial charge on any atom is -0.423 e. The van der Waals surface area contributed by atoms with Crippen LogP contribution in [0.3, 0.4) is 0 Å². The number of anilines is 2. The van der Waals surface area contributed by atoms with E-state index in [1.165, 1.54) is 24.3 Å². The normalized spacial score (nSPS) is 14.6. The van der Waals surface area contributed by atoms with Crippen LogP contribution in [0.4, 0.5) is 11.4 Å². The molecule has 0 saturated heterocycles. The lowest BCUT2D eigenvalue weighted by atomic mass is 9.79. The summed E-state index contributed by atoms with van der Waals surface area (Å²) in [6, 6.07) is 9.11. The van der Waals surface area contributed by atoms with E-state index in [9.17, 15) is 18.2 Å². The molecule has 1 amide bonds. The molecule has 0 saturated carbocycles. The van der Waals surface area contributed by atoms with Gasteiger partial charge in [0, 0.05) is 11.4 Å². The molecular formula is C18H22BN3O5S. The maximum absolute atomic E-state index is 13.0. The topological polar surface area (TPSA) is 145 Å². The van der Waals surface area contributed by atoms with Crippen LogP contribution in [0.25, 0.3) is 0 Å². The summed E-state index contributed by atoms with van der Waals surface area (Å²) in [4.78, 5) is 11.9. The zero-order chi connectivity index (χ0) is 20.5. The maximum atomic E-state index is 13.0. The van der Waals surface area contributed by atoms with Crippen LogP contribution in [-0.4, -0.2) is 26.5 Å². The first-order chi connectivity index (χ1) is 13.2. The zero-order valence-electron chi connectivity index (χ0n) is 15.4. The Bertz CT molecular complexity index is 1010. The monoisotopic (exact) mass is 403 g/mol. The molecule has 1 atom stereocenters. The van der Waals surface area contributed by atoms with E-state index in [1.54, 1.807) is 12.1 Å². The van der Waals surface area contributed by atoms with Crippen molar-refractivity contribution in [2.75, 3.05) is 10.5 Å². The van der Waals surface area contributed by atoms with Gasteiger partial charge < -0.3 is 21.1 Å². The molecule has 2 aromatic rings. The molecule has 0 aliphatic carbocycles. The fraction of sp³-hybridized carbons (Fsp3) is 0.278. The smallest absolute Gasteiger partial charge is 0.423 e. The molecule has 8 nitrogen and oxygen atoms in total. The Morgan fingerprint density at radius 3 is 2.75 bits per heavy atom. The lowest BCUT2D eigenvalue weighted by molar-refractivity contribution is -0.119.